The molecule has 1 heterocycles. The van der Waals surface area contributed by atoms with E-state index in [1.54, 1.807) is 17.8 Å². The van der Waals surface area contributed by atoms with Gasteiger partial charge in [0, 0.05) is 9.79 Å². The molecule has 0 saturated carbocycles. The van der Waals surface area contributed by atoms with Crippen LogP contribution in [0.1, 0.15) is 16.2 Å². The number of hydrogen-bond donors (Lipinski definition) is 1. The van der Waals surface area contributed by atoms with Gasteiger partial charge in [0.1, 0.15) is 0 Å². The summed E-state index contributed by atoms with van der Waals surface area (Å²) in [5, 5.41) is 10.5. The third-order valence-electron chi connectivity index (χ3n) is 3.14. The van der Waals surface area contributed by atoms with Gasteiger partial charge in [-0.05, 0) is 30.5 Å². The molecule has 0 saturated heterocycles. The fourth-order valence-corrected chi connectivity index (χ4v) is 3.37. The zero-order chi connectivity index (χ0) is 16.8. The van der Waals surface area contributed by atoms with Crippen molar-refractivity contribution in [1.82, 2.24) is 10.2 Å². The van der Waals surface area contributed by atoms with E-state index in [-0.39, 0.29) is 11.9 Å². The molecule has 0 bridgehead atoms. The van der Waals surface area contributed by atoms with E-state index in [0.29, 0.717) is 17.2 Å². The number of nitrogens with one attached hydrogen (secondary N) is 1. The van der Waals surface area contributed by atoms with Crippen molar-refractivity contribution in [2.24, 2.45) is 0 Å². The van der Waals surface area contributed by atoms with Crippen molar-refractivity contribution in [2.45, 2.75) is 15.5 Å². The summed E-state index contributed by atoms with van der Waals surface area (Å²) in [4.78, 5) is 14.3. The molecule has 0 fully saturated rings. The smallest absolute Gasteiger partial charge is 0.322 e. The van der Waals surface area contributed by atoms with E-state index in [4.69, 9.17) is 4.42 Å². The molecular weight excluding hydrogens is 342 g/mol. The van der Waals surface area contributed by atoms with Crippen LogP contribution in [0, 0.1) is 0 Å². The Bertz CT molecular complexity index is 821. The average molecular weight is 357 g/mol. The summed E-state index contributed by atoms with van der Waals surface area (Å²) in [6, 6.07) is 17.5. The molecule has 122 valence electrons. The van der Waals surface area contributed by atoms with Gasteiger partial charge in [0.15, 0.2) is 0 Å². The largest absolute Gasteiger partial charge is 0.407 e. The molecule has 5 nitrogen and oxygen atoms in total. The third-order valence-corrected chi connectivity index (χ3v) is 4.94. The molecule has 0 aliphatic rings. The topological polar surface area (TPSA) is 68.0 Å². The molecule has 3 rings (SSSR count). The Balaban J connectivity index is 1.62. The van der Waals surface area contributed by atoms with Crippen molar-refractivity contribution in [3.63, 3.8) is 0 Å². The van der Waals surface area contributed by atoms with Crippen LogP contribution < -0.4 is 5.32 Å². The van der Waals surface area contributed by atoms with Gasteiger partial charge in [0.25, 0.3) is 5.91 Å². The van der Waals surface area contributed by atoms with Crippen LogP contribution in [0.25, 0.3) is 0 Å². The van der Waals surface area contributed by atoms with Crippen molar-refractivity contribution in [3.8, 4) is 0 Å². The number of carbonyl (C=O) groups is 1. The summed E-state index contributed by atoms with van der Waals surface area (Å²) in [5.41, 5.74) is 0.586. The number of hydrogen-bond acceptors (Lipinski definition) is 6. The molecule has 0 spiro atoms. The zero-order valence-electron chi connectivity index (χ0n) is 12.9. The normalized spacial score (nSPS) is 10.5. The fraction of sp³-hybridized carbons (Fsp3) is 0.118. The van der Waals surface area contributed by atoms with Crippen molar-refractivity contribution in [2.75, 3.05) is 11.6 Å². The van der Waals surface area contributed by atoms with E-state index in [0.717, 1.165) is 9.79 Å². The van der Waals surface area contributed by atoms with Crippen molar-refractivity contribution < 1.29 is 9.21 Å². The Hall–Kier alpha value is -2.25. The average Bonchev–Trinajstić information content (AvgIpc) is 3.08. The first-order valence-electron chi connectivity index (χ1n) is 7.21. The third kappa shape index (κ3) is 4.18. The highest BCUT2D eigenvalue weighted by Gasteiger charge is 2.14. The Labute approximate surface area is 148 Å². The maximum absolute atomic E-state index is 12.3. The lowest BCUT2D eigenvalue weighted by Gasteiger charge is -2.05. The molecular formula is C17H15N3O2S2. The number of carbonyl (C=O) groups excluding carboxylic acids is 1. The molecule has 0 atom stereocenters. The quantitative estimate of drug-likeness (QED) is 0.662. The monoisotopic (exact) mass is 357 g/mol. The van der Waals surface area contributed by atoms with Crippen LogP contribution in [0.4, 0.5) is 6.01 Å². The number of thioether (sulfide) groups is 2. The van der Waals surface area contributed by atoms with Gasteiger partial charge in [-0.3, -0.25) is 10.1 Å². The van der Waals surface area contributed by atoms with Crippen LogP contribution in [0.3, 0.4) is 0 Å². The molecule has 0 aliphatic heterocycles. The number of nitrogens with zero attached hydrogens (tertiary/aromatic N) is 2. The number of benzene rings is 2. The van der Waals surface area contributed by atoms with E-state index in [9.17, 15) is 4.79 Å². The molecule has 0 radical (unpaired) electrons. The lowest BCUT2D eigenvalue weighted by atomic mass is 10.2. The first-order valence-corrected chi connectivity index (χ1v) is 9.42. The number of anilines is 1. The number of aromatic nitrogens is 2. The predicted molar refractivity (Wildman–Crippen MR) is 96.5 cm³/mol. The van der Waals surface area contributed by atoms with Gasteiger partial charge < -0.3 is 4.42 Å². The van der Waals surface area contributed by atoms with Crippen molar-refractivity contribution >= 4 is 35.4 Å². The van der Waals surface area contributed by atoms with Gasteiger partial charge in [0.2, 0.25) is 5.89 Å². The van der Waals surface area contributed by atoms with Crippen molar-refractivity contribution in [3.05, 3.63) is 66.1 Å². The molecule has 24 heavy (non-hydrogen) atoms. The molecule has 2 aromatic carbocycles. The highest BCUT2D eigenvalue weighted by Crippen LogP contribution is 2.23. The Morgan fingerprint density at radius 3 is 2.62 bits per heavy atom. The van der Waals surface area contributed by atoms with Crippen LogP contribution in [-0.2, 0) is 5.75 Å². The summed E-state index contributed by atoms with van der Waals surface area (Å²) in [6.07, 6.45) is 1.93. The summed E-state index contributed by atoms with van der Waals surface area (Å²) in [7, 11) is 0. The van der Waals surface area contributed by atoms with Crippen molar-refractivity contribution in [1.29, 1.82) is 0 Å². The summed E-state index contributed by atoms with van der Waals surface area (Å²) >= 11 is 3.11. The minimum absolute atomic E-state index is 0.111. The lowest BCUT2D eigenvalue weighted by molar-refractivity contribution is 0.102. The minimum Gasteiger partial charge on any atom is -0.407 e. The number of amides is 1. The maximum atomic E-state index is 12.3. The van der Waals surface area contributed by atoms with E-state index in [1.807, 2.05) is 54.8 Å². The second-order valence-electron chi connectivity index (χ2n) is 4.76. The van der Waals surface area contributed by atoms with E-state index < -0.39 is 0 Å². The van der Waals surface area contributed by atoms with Crippen LogP contribution in [0.2, 0.25) is 0 Å². The van der Waals surface area contributed by atoms with Crippen LogP contribution >= 0.6 is 23.5 Å². The second kappa shape index (κ2) is 8.03. The molecule has 3 aromatic rings. The highest BCUT2D eigenvalue weighted by atomic mass is 32.2. The maximum Gasteiger partial charge on any atom is 0.322 e. The van der Waals surface area contributed by atoms with Gasteiger partial charge in [-0.2, -0.15) is 0 Å². The first kappa shape index (κ1) is 16.6. The van der Waals surface area contributed by atoms with E-state index in [1.165, 1.54) is 11.8 Å². The molecule has 0 unspecified atom stereocenters. The molecule has 7 heteroatoms. The highest BCUT2D eigenvalue weighted by molar-refractivity contribution is 7.98. The van der Waals surface area contributed by atoms with Gasteiger partial charge in [0.05, 0.1) is 11.3 Å². The lowest BCUT2D eigenvalue weighted by Crippen LogP contribution is -2.13. The molecule has 0 aliphatic carbocycles. The fourth-order valence-electron chi connectivity index (χ4n) is 2.02. The van der Waals surface area contributed by atoms with Crippen LogP contribution in [0.15, 0.2) is 68.8 Å². The van der Waals surface area contributed by atoms with Gasteiger partial charge in [-0.15, -0.1) is 28.6 Å². The SMILES string of the molecule is CSc1ccccc1C(=O)Nc1nnc(CSc2ccccc2)o1. The molecule has 1 N–H and O–H groups in total. The Kier molecular flexibility index (Phi) is 5.55. The predicted octanol–water partition coefficient (Wildman–Crippen LogP) is 4.34. The second-order valence-corrected chi connectivity index (χ2v) is 6.65. The molecule has 1 amide bonds. The van der Waals surface area contributed by atoms with E-state index in [2.05, 4.69) is 15.5 Å². The summed E-state index contributed by atoms with van der Waals surface area (Å²) in [5.74, 6) is 0.761. The van der Waals surface area contributed by atoms with Gasteiger partial charge in [-0.25, -0.2) is 0 Å². The molecule has 1 aromatic heterocycles. The summed E-state index contributed by atoms with van der Waals surface area (Å²) in [6.45, 7) is 0. The van der Waals surface area contributed by atoms with Crippen LogP contribution in [-0.4, -0.2) is 22.4 Å². The van der Waals surface area contributed by atoms with Gasteiger partial charge >= 0.3 is 6.01 Å². The Morgan fingerprint density at radius 2 is 1.83 bits per heavy atom. The standard InChI is InChI=1S/C17H15N3O2S2/c1-23-14-10-6-5-9-13(14)16(21)18-17-20-19-15(22-17)11-24-12-7-3-2-4-8-12/h2-10H,11H2,1H3,(H,18,20,21). The first-order chi connectivity index (χ1) is 11.8. The minimum atomic E-state index is -0.258. The van der Waals surface area contributed by atoms with Crippen LogP contribution in [0.5, 0.6) is 0 Å². The number of rotatable bonds is 6. The van der Waals surface area contributed by atoms with Gasteiger partial charge in [-0.1, -0.05) is 35.4 Å². The zero-order valence-corrected chi connectivity index (χ0v) is 14.6. The summed E-state index contributed by atoms with van der Waals surface area (Å²) < 4.78 is 5.49. The van der Waals surface area contributed by atoms with E-state index >= 15 is 0 Å². The Morgan fingerprint density at radius 1 is 1.08 bits per heavy atom.